The van der Waals surface area contributed by atoms with Crippen LogP contribution in [-0.2, 0) is 6.54 Å². The van der Waals surface area contributed by atoms with Crippen molar-refractivity contribution in [2.24, 2.45) is 0 Å². The molecule has 1 aromatic carbocycles. The standard InChI is InChI=1S/C14H19NO5/c1-19-12-4-2-3-10-5-11(20-13(10)12)6-15-14(7-16,8-17)9-18/h2-5,15-18H,6-9H2,1H3. The molecule has 0 bridgehead atoms. The van der Waals surface area contributed by atoms with Gasteiger partial charge in [0.2, 0.25) is 0 Å². The molecule has 2 aromatic rings. The van der Waals surface area contributed by atoms with Gasteiger partial charge in [0.05, 0.1) is 39.0 Å². The van der Waals surface area contributed by atoms with Crippen molar-refractivity contribution in [3.63, 3.8) is 0 Å². The van der Waals surface area contributed by atoms with Crippen LogP contribution < -0.4 is 10.1 Å². The van der Waals surface area contributed by atoms with Crippen molar-refractivity contribution in [2.45, 2.75) is 12.1 Å². The van der Waals surface area contributed by atoms with E-state index in [0.717, 1.165) is 5.39 Å². The van der Waals surface area contributed by atoms with Gasteiger partial charge in [0, 0.05) is 5.39 Å². The first-order valence-corrected chi connectivity index (χ1v) is 6.31. The minimum atomic E-state index is -1.12. The third kappa shape index (κ3) is 2.78. The predicted octanol–water partition coefficient (Wildman–Crippen LogP) is 0.247. The number of fused-ring (bicyclic) bond motifs is 1. The third-order valence-corrected chi connectivity index (χ3v) is 3.32. The van der Waals surface area contributed by atoms with Gasteiger partial charge >= 0.3 is 0 Å². The molecule has 0 saturated heterocycles. The second kappa shape index (κ2) is 6.23. The SMILES string of the molecule is COc1cccc2cc(CNC(CO)(CO)CO)oc12. The zero-order valence-electron chi connectivity index (χ0n) is 11.3. The lowest BCUT2D eigenvalue weighted by atomic mass is 10.0. The summed E-state index contributed by atoms with van der Waals surface area (Å²) in [5, 5.41) is 31.5. The monoisotopic (exact) mass is 281 g/mol. The number of para-hydroxylation sites is 1. The minimum Gasteiger partial charge on any atom is -0.493 e. The first kappa shape index (κ1) is 14.8. The van der Waals surface area contributed by atoms with Crippen molar-refractivity contribution in [2.75, 3.05) is 26.9 Å². The van der Waals surface area contributed by atoms with Crippen molar-refractivity contribution < 1.29 is 24.5 Å². The number of methoxy groups -OCH3 is 1. The van der Waals surface area contributed by atoms with Crippen LogP contribution in [0.3, 0.4) is 0 Å². The number of ether oxygens (including phenoxy) is 1. The van der Waals surface area contributed by atoms with Crippen molar-refractivity contribution in [1.29, 1.82) is 0 Å². The number of aliphatic hydroxyl groups is 3. The Morgan fingerprint density at radius 2 is 1.90 bits per heavy atom. The van der Waals surface area contributed by atoms with Gasteiger partial charge < -0.3 is 24.5 Å². The van der Waals surface area contributed by atoms with Crippen LogP contribution >= 0.6 is 0 Å². The lowest BCUT2D eigenvalue weighted by molar-refractivity contribution is 0.0403. The number of nitrogens with one attached hydrogen (secondary N) is 1. The number of furan rings is 1. The van der Waals surface area contributed by atoms with Crippen LogP contribution in [0, 0.1) is 0 Å². The van der Waals surface area contributed by atoms with E-state index in [-0.39, 0.29) is 26.4 Å². The molecule has 0 aliphatic rings. The van der Waals surface area contributed by atoms with Gasteiger partial charge in [0.25, 0.3) is 0 Å². The van der Waals surface area contributed by atoms with E-state index in [1.54, 1.807) is 7.11 Å². The number of aliphatic hydroxyl groups excluding tert-OH is 3. The van der Waals surface area contributed by atoms with Crippen molar-refractivity contribution in [3.05, 3.63) is 30.0 Å². The van der Waals surface area contributed by atoms with E-state index < -0.39 is 5.54 Å². The van der Waals surface area contributed by atoms with Gasteiger partial charge in [-0.15, -0.1) is 0 Å². The van der Waals surface area contributed by atoms with E-state index in [0.29, 0.717) is 17.1 Å². The molecular weight excluding hydrogens is 262 g/mol. The molecule has 0 amide bonds. The average Bonchev–Trinajstić information content (AvgIpc) is 2.92. The van der Waals surface area contributed by atoms with E-state index >= 15 is 0 Å². The van der Waals surface area contributed by atoms with Gasteiger partial charge in [-0.2, -0.15) is 0 Å². The lowest BCUT2D eigenvalue weighted by Gasteiger charge is -2.28. The van der Waals surface area contributed by atoms with Crippen molar-refractivity contribution >= 4 is 11.0 Å². The van der Waals surface area contributed by atoms with Crippen molar-refractivity contribution in [1.82, 2.24) is 5.32 Å². The molecule has 0 atom stereocenters. The highest BCUT2D eigenvalue weighted by Gasteiger charge is 2.27. The second-order valence-corrected chi connectivity index (χ2v) is 4.70. The molecule has 0 aliphatic heterocycles. The fourth-order valence-electron chi connectivity index (χ4n) is 1.93. The maximum atomic E-state index is 9.24. The summed E-state index contributed by atoms with van der Waals surface area (Å²) >= 11 is 0. The number of rotatable bonds is 7. The summed E-state index contributed by atoms with van der Waals surface area (Å²) in [6, 6.07) is 7.43. The molecule has 1 heterocycles. The topological polar surface area (TPSA) is 95.1 Å². The minimum absolute atomic E-state index is 0.277. The van der Waals surface area contributed by atoms with Crippen LogP contribution in [-0.4, -0.2) is 47.8 Å². The first-order valence-electron chi connectivity index (χ1n) is 6.31. The molecule has 6 nitrogen and oxygen atoms in total. The van der Waals surface area contributed by atoms with Crippen LogP contribution in [0.25, 0.3) is 11.0 Å². The maximum Gasteiger partial charge on any atom is 0.176 e. The molecule has 0 aliphatic carbocycles. The van der Waals surface area contributed by atoms with Crippen molar-refractivity contribution in [3.8, 4) is 5.75 Å². The average molecular weight is 281 g/mol. The van der Waals surface area contributed by atoms with Crippen LogP contribution in [0.15, 0.2) is 28.7 Å². The molecule has 1 aromatic heterocycles. The summed E-state index contributed by atoms with van der Waals surface area (Å²) in [5.41, 5.74) is -0.474. The Morgan fingerprint density at radius 3 is 2.50 bits per heavy atom. The van der Waals surface area contributed by atoms with Crippen LogP contribution in [0.5, 0.6) is 5.75 Å². The number of benzene rings is 1. The first-order chi connectivity index (χ1) is 9.68. The Bertz CT molecular complexity index is 553. The summed E-state index contributed by atoms with van der Waals surface area (Å²) in [7, 11) is 1.57. The predicted molar refractivity (Wildman–Crippen MR) is 73.6 cm³/mol. The Morgan fingerprint density at radius 1 is 1.20 bits per heavy atom. The second-order valence-electron chi connectivity index (χ2n) is 4.70. The molecule has 0 saturated carbocycles. The molecule has 4 N–H and O–H groups in total. The van der Waals surface area contributed by atoms with Gasteiger partial charge in [0.15, 0.2) is 11.3 Å². The molecular formula is C14H19NO5. The molecule has 110 valence electrons. The summed E-state index contributed by atoms with van der Waals surface area (Å²) in [4.78, 5) is 0. The molecule has 2 rings (SSSR count). The molecule has 0 fully saturated rings. The zero-order valence-corrected chi connectivity index (χ0v) is 11.3. The third-order valence-electron chi connectivity index (χ3n) is 3.32. The van der Waals surface area contributed by atoms with Gasteiger partial charge in [-0.25, -0.2) is 0 Å². The van der Waals surface area contributed by atoms with E-state index in [1.807, 2.05) is 24.3 Å². The van der Waals surface area contributed by atoms with Crippen LogP contribution in [0.2, 0.25) is 0 Å². The molecule has 20 heavy (non-hydrogen) atoms. The Kier molecular flexibility index (Phi) is 4.61. The number of hydrogen-bond acceptors (Lipinski definition) is 6. The highest BCUT2D eigenvalue weighted by Crippen LogP contribution is 2.28. The summed E-state index contributed by atoms with van der Waals surface area (Å²) < 4.78 is 10.9. The summed E-state index contributed by atoms with van der Waals surface area (Å²) in [5.74, 6) is 1.27. The van der Waals surface area contributed by atoms with E-state index in [2.05, 4.69) is 5.32 Å². The Balaban J connectivity index is 2.18. The molecule has 0 radical (unpaired) electrons. The zero-order chi connectivity index (χ0) is 14.6. The molecule has 6 heteroatoms. The largest absolute Gasteiger partial charge is 0.493 e. The highest BCUT2D eigenvalue weighted by atomic mass is 16.5. The Hall–Kier alpha value is -1.60. The smallest absolute Gasteiger partial charge is 0.176 e. The lowest BCUT2D eigenvalue weighted by Crippen LogP contribution is -2.54. The quantitative estimate of drug-likeness (QED) is 0.581. The van der Waals surface area contributed by atoms with Gasteiger partial charge in [0.1, 0.15) is 5.76 Å². The van der Waals surface area contributed by atoms with Crippen LogP contribution in [0.4, 0.5) is 0 Å². The maximum absolute atomic E-state index is 9.24. The Labute approximate surface area is 116 Å². The normalized spacial score (nSPS) is 12.0. The molecule has 0 spiro atoms. The van der Waals surface area contributed by atoms with Gasteiger partial charge in [-0.1, -0.05) is 12.1 Å². The summed E-state index contributed by atoms with van der Waals surface area (Å²) in [6.45, 7) is -0.837. The summed E-state index contributed by atoms with van der Waals surface area (Å²) in [6.07, 6.45) is 0. The fraction of sp³-hybridized carbons (Fsp3) is 0.429. The van der Waals surface area contributed by atoms with Gasteiger partial charge in [-0.05, 0) is 12.1 Å². The van der Waals surface area contributed by atoms with Crippen LogP contribution in [0.1, 0.15) is 5.76 Å². The molecule has 0 unspecified atom stereocenters. The van der Waals surface area contributed by atoms with E-state index in [1.165, 1.54) is 0 Å². The van der Waals surface area contributed by atoms with E-state index in [9.17, 15) is 15.3 Å². The number of hydrogen-bond donors (Lipinski definition) is 4. The van der Waals surface area contributed by atoms with Gasteiger partial charge in [-0.3, -0.25) is 5.32 Å². The van der Waals surface area contributed by atoms with E-state index in [4.69, 9.17) is 9.15 Å². The fourth-order valence-corrected chi connectivity index (χ4v) is 1.93. The highest BCUT2D eigenvalue weighted by molar-refractivity contribution is 5.83.